The van der Waals surface area contributed by atoms with Crippen molar-refractivity contribution < 1.29 is 4.79 Å². The second-order valence-electron chi connectivity index (χ2n) is 5.73. The van der Waals surface area contributed by atoms with E-state index in [-0.39, 0.29) is 5.91 Å². The first-order valence-electron chi connectivity index (χ1n) is 7.68. The Bertz CT molecular complexity index is 684. The highest BCUT2D eigenvalue weighted by Crippen LogP contribution is 2.34. The highest BCUT2D eigenvalue weighted by Gasteiger charge is 2.22. The van der Waals surface area contributed by atoms with E-state index < -0.39 is 0 Å². The predicted molar refractivity (Wildman–Crippen MR) is 88.0 cm³/mol. The van der Waals surface area contributed by atoms with Gasteiger partial charge in [-0.05, 0) is 35.2 Å². The standard InChI is InChI=1S/C15H20BrN5O/c1-3-10-13(16)14(19-18-10)15(22)17-12-8-11(20-21(12)2)9-6-4-5-7-9/h8-9H,3-7H2,1-2H3,(H,17,22)(H,18,19). The van der Waals surface area contributed by atoms with Gasteiger partial charge in [0, 0.05) is 24.7 Å². The maximum absolute atomic E-state index is 12.4. The number of hydrogen-bond acceptors (Lipinski definition) is 3. The summed E-state index contributed by atoms with van der Waals surface area (Å²) in [5, 5.41) is 14.4. The molecule has 2 aromatic rings. The first-order valence-corrected chi connectivity index (χ1v) is 8.47. The van der Waals surface area contributed by atoms with Gasteiger partial charge in [0.15, 0.2) is 5.69 Å². The third kappa shape index (κ3) is 2.82. The van der Waals surface area contributed by atoms with E-state index in [9.17, 15) is 4.79 Å². The van der Waals surface area contributed by atoms with Crippen molar-refractivity contribution in [1.82, 2.24) is 20.0 Å². The van der Waals surface area contributed by atoms with E-state index in [0.717, 1.165) is 22.3 Å². The smallest absolute Gasteiger partial charge is 0.278 e. The molecule has 1 saturated carbocycles. The molecule has 2 N–H and O–H groups in total. The average Bonchev–Trinajstić information content (AvgIpc) is 3.20. The number of amides is 1. The minimum atomic E-state index is -0.233. The molecule has 6 nitrogen and oxygen atoms in total. The molecular formula is C15H20BrN5O. The highest BCUT2D eigenvalue weighted by atomic mass is 79.9. The molecule has 3 rings (SSSR count). The highest BCUT2D eigenvalue weighted by molar-refractivity contribution is 9.10. The van der Waals surface area contributed by atoms with Gasteiger partial charge in [-0.3, -0.25) is 14.6 Å². The molecule has 1 aliphatic carbocycles. The second kappa shape index (κ2) is 6.24. The molecule has 7 heteroatoms. The van der Waals surface area contributed by atoms with Gasteiger partial charge in [0.2, 0.25) is 0 Å². The molecule has 118 valence electrons. The zero-order valence-electron chi connectivity index (χ0n) is 12.8. The molecule has 22 heavy (non-hydrogen) atoms. The lowest BCUT2D eigenvalue weighted by atomic mass is 10.0. The molecular weight excluding hydrogens is 346 g/mol. The van der Waals surface area contributed by atoms with Gasteiger partial charge in [0.25, 0.3) is 5.91 Å². The molecule has 0 bridgehead atoms. The summed E-state index contributed by atoms with van der Waals surface area (Å²) < 4.78 is 2.46. The minimum absolute atomic E-state index is 0.233. The number of nitrogens with zero attached hydrogens (tertiary/aromatic N) is 3. The first kappa shape index (κ1) is 15.3. The summed E-state index contributed by atoms with van der Waals surface area (Å²) in [6.45, 7) is 2.01. The molecule has 0 aromatic carbocycles. The lowest BCUT2D eigenvalue weighted by molar-refractivity contribution is 0.102. The van der Waals surface area contributed by atoms with E-state index in [1.807, 2.05) is 20.0 Å². The maximum Gasteiger partial charge on any atom is 0.278 e. The predicted octanol–water partition coefficient (Wildman–Crippen LogP) is 3.38. The van der Waals surface area contributed by atoms with Crippen LogP contribution in [0.15, 0.2) is 10.5 Å². The van der Waals surface area contributed by atoms with Crippen molar-refractivity contribution >= 4 is 27.7 Å². The molecule has 0 radical (unpaired) electrons. The lowest BCUT2D eigenvalue weighted by Crippen LogP contribution is -2.15. The van der Waals surface area contributed by atoms with Crippen LogP contribution in [-0.4, -0.2) is 25.9 Å². The Labute approximate surface area is 137 Å². The summed E-state index contributed by atoms with van der Waals surface area (Å²) >= 11 is 3.43. The number of aromatic nitrogens is 4. The van der Waals surface area contributed by atoms with E-state index in [1.165, 1.54) is 25.7 Å². The summed E-state index contributed by atoms with van der Waals surface area (Å²) in [7, 11) is 1.85. The monoisotopic (exact) mass is 365 g/mol. The van der Waals surface area contributed by atoms with Crippen LogP contribution in [0.4, 0.5) is 5.82 Å². The second-order valence-corrected chi connectivity index (χ2v) is 6.52. The van der Waals surface area contributed by atoms with Gasteiger partial charge < -0.3 is 5.32 Å². The molecule has 0 aliphatic heterocycles. The van der Waals surface area contributed by atoms with Gasteiger partial charge in [0.1, 0.15) is 5.82 Å². The number of halogens is 1. The van der Waals surface area contributed by atoms with Gasteiger partial charge in [-0.1, -0.05) is 19.8 Å². The van der Waals surface area contributed by atoms with E-state index in [2.05, 4.69) is 36.5 Å². The van der Waals surface area contributed by atoms with Crippen molar-refractivity contribution in [1.29, 1.82) is 0 Å². The van der Waals surface area contributed by atoms with Crippen LogP contribution in [0.2, 0.25) is 0 Å². The Morgan fingerprint density at radius 1 is 1.50 bits per heavy atom. The summed E-state index contributed by atoms with van der Waals surface area (Å²) in [5.41, 5.74) is 2.37. The Kier molecular flexibility index (Phi) is 4.33. The van der Waals surface area contributed by atoms with Crippen LogP contribution in [0.5, 0.6) is 0 Å². The fourth-order valence-corrected chi connectivity index (χ4v) is 3.59. The van der Waals surface area contributed by atoms with Crippen molar-refractivity contribution in [2.75, 3.05) is 5.32 Å². The van der Waals surface area contributed by atoms with Crippen LogP contribution in [-0.2, 0) is 13.5 Å². The maximum atomic E-state index is 12.4. The SMILES string of the molecule is CCc1[nH]nc(C(=O)Nc2cc(C3CCCC3)nn2C)c1Br. The minimum Gasteiger partial charge on any atom is -0.305 e. The number of hydrogen-bond donors (Lipinski definition) is 2. The molecule has 0 atom stereocenters. The molecule has 1 fully saturated rings. The third-order valence-corrected chi connectivity index (χ3v) is 5.11. The number of rotatable bonds is 4. The third-order valence-electron chi connectivity index (χ3n) is 4.26. The van der Waals surface area contributed by atoms with E-state index in [4.69, 9.17) is 0 Å². The van der Waals surface area contributed by atoms with Crippen molar-refractivity contribution in [3.63, 3.8) is 0 Å². The number of carbonyl (C=O) groups excluding carboxylic acids is 1. The van der Waals surface area contributed by atoms with Crippen LogP contribution in [0.1, 0.15) is 60.4 Å². The van der Waals surface area contributed by atoms with Gasteiger partial charge in [-0.15, -0.1) is 0 Å². The van der Waals surface area contributed by atoms with Crippen LogP contribution >= 0.6 is 15.9 Å². The van der Waals surface area contributed by atoms with Crippen molar-refractivity contribution in [3.05, 3.63) is 27.6 Å². The lowest BCUT2D eigenvalue weighted by Gasteiger charge is -2.03. The zero-order valence-corrected chi connectivity index (χ0v) is 14.4. The Morgan fingerprint density at radius 2 is 2.23 bits per heavy atom. The number of aryl methyl sites for hydroxylation is 2. The van der Waals surface area contributed by atoms with Crippen LogP contribution < -0.4 is 5.32 Å². The largest absolute Gasteiger partial charge is 0.305 e. The number of carbonyl (C=O) groups is 1. The van der Waals surface area contributed by atoms with E-state index in [0.29, 0.717) is 17.4 Å². The Hall–Kier alpha value is -1.63. The van der Waals surface area contributed by atoms with Gasteiger partial charge in [-0.2, -0.15) is 10.2 Å². The van der Waals surface area contributed by atoms with E-state index >= 15 is 0 Å². The van der Waals surface area contributed by atoms with Gasteiger partial charge in [-0.25, -0.2) is 0 Å². The topological polar surface area (TPSA) is 75.6 Å². The molecule has 0 saturated heterocycles. The summed E-state index contributed by atoms with van der Waals surface area (Å²) in [6.07, 6.45) is 5.70. The average molecular weight is 366 g/mol. The number of anilines is 1. The number of nitrogens with one attached hydrogen (secondary N) is 2. The van der Waals surface area contributed by atoms with Crippen molar-refractivity contribution in [2.45, 2.75) is 44.9 Å². The molecule has 0 spiro atoms. The molecule has 2 aromatic heterocycles. The molecule has 2 heterocycles. The zero-order chi connectivity index (χ0) is 15.7. The normalized spacial score (nSPS) is 15.4. The van der Waals surface area contributed by atoms with E-state index in [1.54, 1.807) is 4.68 Å². The first-order chi connectivity index (χ1) is 10.6. The number of H-pyrrole nitrogens is 1. The fourth-order valence-electron chi connectivity index (χ4n) is 2.95. The van der Waals surface area contributed by atoms with Crippen LogP contribution in [0.3, 0.4) is 0 Å². The molecule has 1 amide bonds. The van der Waals surface area contributed by atoms with Gasteiger partial charge >= 0.3 is 0 Å². The van der Waals surface area contributed by atoms with Crippen molar-refractivity contribution in [3.8, 4) is 0 Å². The Balaban J connectivity index is 1.77. The summed E-state index contributed by atoms with van der Waals surface area (Å²) in [6, 6.07) is 1.98. The van der Waals surface area contributed by atoms with Crippen LogP contribution in [0, 0.1) is 0 Å². The molecule has 0 unspecified atom stereocenters. The number of aromatic amines is 1. The summed E-state index contributed by atoms with van der Waals surface area (Å²) in [4.78, 5) is 12.4. The summed E-state index contributed by atoms with van der Waals surface area (Å²) in [5.74, 6) is 1.00. The molecule has 1 aliphatic rings. The quantitative estimate of drug-likeness (QED) is 0.871. The fraction of sp³-hybridized carbons (Fsp3) is 0.533. The Morgan fingerprint density at radius 3 is 2.86 bits per heavy atom. The van der Waals surface area contributed by atoms with Crippen LogP contribution in [0.25, 0.3) is 0 Å². The van der Waals surface area contributed by atoms with Gasteiger partial charge in [0.05, 0.1) is 10.2 Å². The van der Waals surface area contributed by atoms with Crippen molar-refractivity contribution in [2.24, 2.45) is 7.05 Å².